The van der Waals surface area contributed by atoms with Crippen LogP contribution in [0.3, 0.4) is 0 Å². The molecule has 5 rings (SSSR count). The number of aliphatic hydroxyl groups is 1. The lowest BCUT2D eigenvalue weighted by atomic mass is 9.96. The number of likely N-dealkylation sites (tertiary alicyclic amines) is 1. The molecule has 0 spiro atoms. The number of benzene rings is 3. The number of piperidine rings is 1. The van der Waals surface area contributed by atoms with Crippen LogP contribution in [0.5, 0.6) is 5.75 Å². The van der Waals surface area contributed by atoms with Gasteiger partial charge >= 0.3 is 6.36 Å². The van der Waals surface area contributed by atoms with Crippen molar-refractivity contribution in [3.8, 4) is 5.75 Å². The lowest BCUT2D eigenvalue weighted by Crippen LogP contribution is -2.60. The van der Waals surface area contributed by atoms with Gasteiger partial charge in [0.1, 0.15) is 21.5 Å². The second-order valence-corrected chi connectivity index (χ2v) is 12.1. The van der Waals surface area contributed by atoms with Crippen LogP contribution in [0.15, 0.2) is 71.6 Å². The standard InChI is InChI=1S/C28H28F4N4O4S/c1-16(2)27(38)35-14-22(34-41(33,39)19-10-8-18(9-11-19)40-28(30,31)32)26(37)25(15-35)36-23-6-4-3-5-20(23)21-13-17(29)7-12-24(21)36/h3-13,16,22,25-26,37H,14-15H2,1-2H3,(H2,33,34,39). The van der Waals surface area contributed by atoms with Crippen LogP contribution in [-0.2, 0) is 14.7 Å². The minimum Gasteiger partial charge on any atom is -0.406 e. The molecule has 1 aliphatic heterocycles. The van der Waals surface area contributed by atoms with E-state index < -0.39 is 46.0 Å². The third kappa shape index (κ3) is 5.74. The van der Waals surface area contributed by atoms with E-state index in [2.05, 4.69) is 9.46 Å². The van der Waals surface area contributed by atoms with Crippen molar-refractivity contribution in [2.75, 3.05) is 13.1 Å². The highest BCUT2D eigenvalue weighted by Gasteiger charge is 2.41. The number of hydrogen-bond donors (Lipinski definition) is 3. The van der Waals surface area contributed by atoms with Crippen LogP contribution < -0.4 is 9.46 Å². The molecule has 0 radical (unpaired) electrons. The number of amides is 1. The SMILES string of the molecule is CC(C)C(=O)N1CC(NS(=N)(=O)c2ccc(OC(F)(F)F)cc2)C(O)C(n2c3ccccc3c3cc(F)ccc32)C1. The molecule has 1 aliphatic rings. The number of halogens is 4. The Morgan fingerprint density at radius 3 is 2.37 bits per heavy atom. The first-order valence-corrected chi connectivity index (χ1v) is 14.4. The molecule has 4 unspecified atom stereocenters. The molecule has 3 N–H and O–H groups in total. The van der Waals surface area contributed by atoms with Gasteiger partial charge in [-0.1, -0.05) is 32.0 Å². The molecule has 1 amide bonds. The zero-order valence-corrected chi connectivity index (χ0v) is 22.9. The van der Waals surface area contributed by atoms with Crippen LogP contribution in [0.4, 0.5) is 17.6 Å². The van der Waals surface area contributed by atoms with Gasteiger partial charge in [0.05, 0.1) is 23.1 Å². The number of rotatable bonds is 6. The van der Waals surface area contributed by atoms with E-state index in [4.69, 9.17) is 4.78 Å². The molecule has 4 atom stereocenters. The Morgan fingerprint density at radius 2 is 1.71 bits per heavy atom. The molecule has 218 valence electrons. The molecule has 41 heavy (non-hydrogen) atoms. The number of carbonyl (C=O) groups is 1. The fourth-order valence-electron chi connectivity index (χ4n) is 5.36. The Kier molecular flexibility index (Phi) is 7.47. The van der Waals surface area contributed by atoms with Crippen LogP contribution in [0, 0.1) is 16.5 Å². The number of para-hydroxylation sites is 1. The summed E-state index contributed by atoms with van der Waals surface area (Å²) in [4.78, 5) is 14.6. The van der Waals surface area contributed by atoms with Crippen molar-refractivity contribution in [3.63, 3.8) is 0 Å². The Hall–Kier alpha value is -3.68. The van der Waals surface area contributed by atoms with Gasteiger partial charge in [-0.05, 0) is 48.5 Å². The fourth-order valence-corrected chi connectivity index (χ4v) is 6.65. The second kappa shape index (κ2) is 10.6. The highest BCUT2D eigenvalue weighted by molar-refractivity contribution is 7.90. The van der Waals surface area contributed by atoms with E-state index in [0.29, 0.717) is 16.4 Å². The smallest absolute Gasteiger partial charge is 0.406 e. The van der Waals surface area contributed by atoms with E-state index in [0.717, 1.165) is 29.7 Å². The van der Waals surface area contributed by atoms with Gasteiger partial charge in [0.25, 0.3) is 0 Å². The summed E-state index contributed by atoms with van der Waals surface area (Å²) in [7, 11) is -3.85. The van der Waals surface area contributed by atoms with E-state index in [1.165, 1.54) is 17.0 Å². The van der Waals surface area contributed by atoms with Crippen LogP contribution in [0.25, 0.3) is 21.8 Å². The molecule has 1 aromatic heterocycles. The maximum Gasteiger partial charge on any atom is 0.573 e. The van der Waals surface area contributed by atoms with Gasteiger partial charge in [0, 0.05) is 40.8 Å². The molecule has 13 heteroatoms. The highest BCUT2D eigenvalue weighted by Crippen LogP contribution is 2.36. The molecular formula is C28H28F4N4O4S. The molecule has 2 heterocycles. The van der Waals surface area contributed by atoms with Gasteiger partial charge in [-0.2, -0.15) is 0 Å². The van der Waals surface area contributed by atoms with Crippen molar-refractivity contribution in [1.82, 2.24) is 14.2 Å². The Bertz CT molecular complexity index is 1700. The van der Waals surface area contributed by atoms with Crippen molar-refractivity contribution in [1.29, 1.82) is 4.78 Å². The summed E-state index contributed by atoms with van der Waals surface area (Å²) in [6.45, 7) is 3.49. The molecule has 8 nitrogen and oxygen atoms in total. The zero-order chi connectivity index (χ0) is 29.7. The monoisotopic (exact) mass is 592 g/mol. The van der Waals surface area contributed by atoms with Gasteiger partial charge in [-0.3, -0.25) is 4.79 Å². The molecule has 0 saturated carbocycles. The number of alkyl halides is 3. The Morgan fingerprint density at radius 1 is 1.05 bits per heavy atom. The number of carbonyl (C=O) groups excluding carboxylic acids is 1. The Balaban J connectivity index is 1.54. The predicted octanol–water partition coefficient (Wildman–Crippen LogP) is 5.21. The van der Waals surface area contributed by atoms with Crippen LogP contribution in [0.2, 0.25) is 0 Å². The number of nitrogens with one attached hydrogen (secondary N) is 2. The quantitative estimate of drug-likeness (QED) is 0.267. The van der Waals surface area contributed by atoms with Crippen LogP contribution >= 0.6 is 0 Å². The molecule has 0 aliphatic carbocycles. The summed E-state index contributed by atoms with van der Waals surface area (Å²) in [6.07, 6.45) is -6.16. The first-order chi connectivity index (χ1) is 19.2. The van der Waals surface area contributed by atoms with E-state index in [9.17, 15) is 31.7 Å². The third-order valence-corrected chi connectivity index (χ3v) is 8.72. The van der Waals surface area contributed by atoms with Gasteiger partial charge in [0.15, 0.2) is 0 Å². The molecule has 3 aromatic carbocycles. The fraction of sp³-hybridized carbons (Fsp3) is 0.321. The minimum atomic E-state index is -4.91. The second-order valence-electron chi connectivity index (χ2n) is 10.3. The summed E-state index contributed by atoms with van der Waals surface area (Å²) in [6, 6.07) is 13.8. The lowest BCUT2D eigenvalue weighted by molar-refractivity contribution is -0.274. The molecular weight excluding hydrogens is 564 g/mol. The number of nitrogens with zero attached hydrogens (tertiary/aromatic N) is 2. The zero-order valence-electron chi connectivity index (χ0n) is 22.1. The first kappa shape index (κ1) is 28.8. The van der Waals surface area contributed by atoms with E-state index >= 15 is 0 Å². The summed E-state index contributed by atoms with van der Waals surface area (Å²) < 4.78 is 82.2. The Labute approximate surface area is 233 Å². The molecule has 1 saturated heterocycles. The lowest BCUT2D eigenvalue weighted by Gasteiger charge is -2.43. The summed E-state index contributed by atoms with van der Waals surface area (Å²) in [5, 5.41) is 13.0. The van der Waals surface area contributed by atoms with Crippen molar-refractivity contribution >= 4 is 37.6 Å². The summed E-state index contributed by atoms with van der Waals surface area (Å²) in [5.41, 5.74) is 1.32. The molecule has 0 bridgehead atoms. The average molecular weight is 593 g/mol. The van der Waals surface area contributed by atoms with Gasteiger partial charge in [-0.25, -0.2) is 18.1 Å². The predicted molar refractivity (Wildman–Crippen MR) is 145 cm³/mol. The summed E-state index contributed by atoms with van der Waals surface area (Å²) >= 11 is 0. The van der Waals surface area contributed by atoms with Crippen LogP contribution in [0.1, 0.15) is 19.9 Å². The first-order valence-electron chi connectivity index (χ1n) is 12.8. The topological polar surface area (TPSA) is 108 Å². The van der Waals surface area contributed by atoms with E-state index in [1.807, 2.05) is 22.8 Å². The summed E-state index contributed by atoms with van der Waals surface area (Å²) in [5.74, 6) is -1.57. The van der Waals surface area contributed by atoms with Crippen molar-refractivity contribution < 1.29 is 36.4 Å². The van der Waals surface area contributed by atoms with E-state index in [1.54, 1.807) is 26.0 Å². The van der Waals surface area contributed by atoms with Gasteiger partial charge in [0.2, 0.25) is 5.91 Å². The number of aromatic nitrogens is 1. The average Bonchev–Trinajstić information content (AvgIpc) is 3.22. The van der Waals surface area contributed by atoms with Crippen LogP contribution in [-0.4, -0.2) is 56.3 Å². The maximum absolute atomic E-state index is 14.2. The molecule has 1 fully saturated rings. The van der Waals surface area contributed by atoms with E-state index in [-0.39, 0.29) is 29.8 Å². The highest BCUT2D eigenvalue weighted by atomic mass is 32.2. The van der Waals surface area contributed by atoms with Crippen molar-refractivity contribution in [3.05, 3.63) is 72.5 Å². The minimum absolute atomic E-state index is 0.0639. The number of aliphatic hydroxyl groups excluding tert-OH is 1. The largest absolute Gasteiger partial charge is 0.573 e. The van der Waals surface area contributed by atoms with Gasteiger partial charge in [-0.15, -0.1) is 13.2 Å². The maximum atomic E-state index is 14.2. The normalized spacial score (nSPS) is 21.4. The third-order valence-electron chi connectivity index (χ3n) is 7.15. The number of fused-ring (bicyclic) bond motifs is 3. The van der Waals surface area contributed by atoms with Crippen molar-refractivity contribution in [2.24, 2.45) is 5.92 Å². The van der Waals surface area contributed by atoms with Gasteiger partial charge < -0.3 is 19.3 Å². The molecule has 4 aromatic rings. The van der Waals surface area contributed by atoms with Crippen molar-refractivity contribution in [2.45, 2.75) is 43.3 Å². The number of ether oxygens (including phenoxy) is 1. The number of hydrogen-bond acceptors (Lipinski definition) is 5.